The maximum atomic E-state index is 9.88. The zero-order chi connectivity index (χ0) is 17.1. The maximum absolute atomic E-state index is 9.88. The summed E-state index contributed by atoms with van der Waals surface area (Å²) < 4.78 is 16.1. The summed E-state index contributed by atoms with van der Waals surface area (Å²) in [6, 6.07) is 6.41. The van der Waals surface area contributed by atoms with E-state index >= 15 is 0 Å². The van der Waals surface area contributed by atoms with Gasteiger partial charge >= 0.3 is 8.80 Å². The molecular formula is C16H28N2O4Si. The minimum absolute atomic E-state index is 0.296. The molecule has 0 aliphatic rings. The lowest BCUT2D eigenvalue weighted by Crippen LogP contribution is -2.43. The van der Waals surface area contributed by atoms with Crippen molar-refractivity contribution in [2.24, 2.45) is 4.99 Å². The molecule has 1 rings (SSSR count). The number of phenols is 1. The predicted molar refractivity (Wildman–Crippen MR) is 94.4 cm³/mol. The van der Waals surface area contributed by atoms with Gasteiger partial charge in [-0.15, -0.1) is 0 Å². The van der Waals surface area contributed by atoms with E-state index in [1.54, 1.807) is 27.5 Å². The third-order valence-electron chi connectivity index (χ3n) is 3.69. The van der Waals surface area contributed by atoms with Crippen LogP contribution in [-0.2, 0) is 13.3 Å². The number of aliphatic imine (C=N–C) groups is 1. The van der Waals surface area contributed by atoms with Gasteiger partial charge in [-0.2, -0.15) is 0 Å². The first-order chi connectivity index (χ1) is 11.1. The molecule has 0 amide bonds. The lowest BCUT2D eigenvalue weighted by molar-refractivity contribution is 0.123. The van der Waals surface area contributed by atoms with Gasteiger partial charge in [-0.25, -0.2) is 0 Å². The van der Waals surface area contributed by atoms with Crippen molar-refractivity contribution in [2.45, 2.75) is 19.4 Å². The number of para-hydroxylation sites is 1. The van der Waals surface area contributed by atoms with Crippen molar-refractivity contribution in [2.75, 3.05) is 41.0 Å². The first-order valence-corrected chi connectivity index (χ1v) is 9.66. The van der Waals surface area contributed by atoms with Crippen molar-refractivity contribution in [3.8, 4) is 5.75 Å². The molecule has 0 aliphatic carbocycles. The Labute approximate surface area is 139 Å². The van der Waals surface area contributed by atoms with Crippen LogP contribution in [0, 0.1) is 6.92 Å². The van der Waals surface area contributed by atoms with Crippen molar-refractivity contribution >= 4 is 15.0 Å². The van der Waals surface area contributed by atoms with E-state index in [0.717, 1.165) is 36.7 Å². The van der Waals surface area contributed by atoms with Crippen LogP contribution < -0.4 is 5.32 Å². The summed E-state index contributed by atoms with van der Waals surface area (Å²) in [6.45, 7) is 4.17. The van der Waals surface area contributed by atoms with E-state index in [4.69, 9.17) is 13.3 Å². The molecule has 130 valence electrons. The highest BCUT2D eigenvalue weighted by atomic mass is 28.4. The summed E-state index contributed by atoms with van der Waals surface area (Å²) in [5.41, 5.74) is 1.61. The number of aromatic hydroxyl groups is 1. The Morgan fingerprint density at radius 2 is 1.87 bits per heavy atom. The minimum atomic E-state index is -2.45. The Morgan fingerprint density at radius 3 is 2.52 bits per heavy atom. The summed E-state index contributed by atoms with van der Waals surface area (Å²) >= 11 is 0. The van der Waals surface area contributed by atoms with E-state index in [1.165, 1.54) is 0 Å². The van der Waals surface area contributed by atoms with Gasteiger partial charge in [0, 0.05) is 45.7 Å². The quantitative estimate of drug-likeness (QED) is 0.366. The maximum Gasteiger partial charge on any atom is 0.500 e. The zero-order valence-corrected chi connectivity index (χ0v) is 15.5. The third kappa shape index (κ3) is 6.40. The molecule has 0 atom stereocenters. The van der Waals surface area contributed by atoms with Gasteiger partial charge < -0.3 is 23.7 Å². The van der Waals surface area contributed by atoms with Crippen molar-refractivity contribution in [3.05, 3.63) is 29.3 Å². The topological polar surface area (TPSA) is 72.3 Å². The third-order valence-corrected chi connectivity index (χ3v) is 6.52. The smallest absolute Gasteiger partial charge is 0.500 e. The largest absolute Gasteiger partial charge is 0.507 e. The molecule has 0 heterocycles. The molecule has 0 radical (unpaired) electrons. The Morgan fingerprint density at radius 1 is 1.17 bits per heavy atom. The highest BCUT2D eigenvalue weighted by Gasteiger charge is 2.36. The van der Waals surface area contributed by atoms with E-state index < -0.39 is 8.80 Å². The minimum Gasteiger partial charge on any atom is -0.507 e. The van der Waals surface area contributed by atoms with Crippen LogP contribution in [0.1, 0.15) is 17.5 Å². The van der Waals surface area contributed by atoms with E-state index in [1.807, 2.05) is 25.1 Å². The van der Waals surface area contributed by atoms with Crippen molar-refractivity contribution in [1.82, 2.24) is 5.32 Å². The molecular weight excluding hydrogens is 312 g/mol. The Kier molecular flexibility index (Phi) is 9.04. The van der Waals surface area contributed by atoms with Crippen LogP contribution in [0.15, 0.2) is 23.2 Å². The number of nitrogens with zero attached hydrogens (tertiary/aromatic N) is 1. The second kappa shape index (κ2) is 10.5. The summed E-state index contributed by atoms with van der Waals surface area (Å²) in [7, 11) is 2.44. The molecule has 6 nitrogen and oxygen atoms in total. The Bertz CT molecular complexity index is 485. The highest BCUT2D eigenvalue weighted by molar-refractivity contribution is 6.60. The predicted octanol–water partition coefficient (Wildman–Crippen LogP) is 1.98. The van der Waals surface area contributed by atoms with Gasteiger partial charge in [-0.3, -0.25) is 4.99 Å². The van der Waals surface area contributed by atoms with Gasteiger partial charge in [0.1, 0.15) is 5.75 Å². The summed E-state index contributed by atoms with van der Waals surface area (Å²) in [5, 5.41) is 13.2. The van der Waals surface area contributed by atoms with Crippen molar-refractivity contribution in [3.63, 3.8) is 0 Å². The van der Waals surface area contributed by atoms with Crippen molar-refractivity contribution in [1.29, 1.82) is 0 Å². The Balaban J connectivity index is 2.21. The number of phenolic OH excluding ortho intramolecular Hbond substituents is 1. The average molecular weight is 340 g/mol. The molecule has 0 aliphatic heterocycles. The van der Waals surface area contributed by atoms with Gasteiger partial charge in [0.05, 0.1) is 6.54 Å². The number of hydrogen-bond acceptors (Lipinski definition) is 6. The van der Waals surface area contributed by atoms with Gasteiger partial charge in [0.2, 0.25) is 0 Å². The van der Waals surface area contributed by atoms with Crippen LogP contribution in [0.3, 0.4) is 0 Å². The fraction of sp³-hybridized carbons (Fsp3) is 0.562. The summed E-state index contributed by atoms with van der Waals surface area (Å²) in [5.74, 6) is 0.296. The number of benzene rings is 1. The normalized spacial score (nSPS) is 12.2. The summed E-state index contributed by atoms with van der Waals surface area (Å²) in [4.78, 5) is 4.33. The molecule has 1 aromatic carbocycles. The van der Waals surface area contributed by atoms with E-state index in [2.05, 4.69) is 10.3 Å². The standard InChI is InChI=1S/C16H28N2O4Si/c1-14-7-5-8-15(16(14)19)13-18-11-10-17-9-6-12-23(20-2,21-3)22-4/h5,7-8,13,17,19H,6,9-12H2,1-4H3. The van der Waals surface area contributed by atoms with Crippen LogP contribution >= 0.6 is 0 Å². The van der Waals surface area contributed by atoms with Crippen LogP contribution in [0.25, 0.3) is 0 Å². The molecule has 0 unspecified atom stereocenters. The van der Waals surface area contributed by atoms with Gasteiger partial charge in [-0.1, -0.05) is 12.1 Å². The molecule has 0 saturated heterocycles. The van der Waals surface area contributed by atoms with Crippen molar-refractivity contribution < 1.29 is 18.4 Å². The number of hydrogen-bond donors (Lipinski definition) is 2. The van der Waals surface area contributed by atoms with Crippen LogP contribution in [0.5, 0.6) is 5.75 Å². The zero-order valence-electron chi connectivity index (χ0n) is 14.5. The monoisotopic (exact) mass is 340 g/mol. The van der Waals surface area contributed by atoms with Gasteiger partial charge in [0.15, 0.2) is 0 Å². The molecule has 2 N–H and O–H groups in total. The lowest BCUT2D eigenvalue weighted by atomic mass is 10.1. The lowest BCUT2D eigenvalue weighted by Gasteiger charge is -2.24. The molecule has 23 heavy (non-hydrogen) atoms. The van der Waals surface area contributed by atoms with E-state index in [0.29, 0.717) is 12.3 Å². The number of nitrogens with one attached hydrogen (secondary N) is 1. The summed E-state index contributed by atoms with van der Waals surface area (Å²) in [6.07, 6.45) is 2.63. The second-order valence-electron chi connectivity index (χ2n) is 5.20. The first-order valence-electron chi connectivity index (χ1n) is 7.73. The molecule has 0 spiro atoms. The molecule has 0 saturated carbocycles. The number of rotatable bonds is 11. The molecule has 0 fully saturated rings. The second-order valence-corrected chi connectivity index (χ2v) is 8.29. The fourth-order valence-corrected chi connectivity index (χ4v) is 3.93. The van der Waals surface area contributed by atoms with Gasteiger partial charge in [-0.05, 0) is 31.5 Å². The average Bonchev–Trinajstić information content (AvgIpc) is 2.58. The highest BCUT2D eigenvalue weighted by Crippen LogP contribution is 2.19. The molecule has 0 aromatic heterocycles. The Hall–Kier alpha value is -1.25. The molecule has 7 heteroatoms. The molecule has 0 bridgehead atoms. The van der Waals surface area contributed by atoms with E-state index in [9.17, 15) is 5.11 Å². The fourth-order valence-electron chi connectivity index (χ4n) is 2.20. The molecule has 1 aromatic rings. The van der Waals surface area contributed by atoms with Crippen LogP contribution in [0.2, 0.25) is 6.04 Å². The van der Waals surface area contributed by atoms with E-state index in [-0.39, 0.29) is 0 Å². The van der Waals surface area contributed by atoms with Crippen LogP contribution in [-0.4, -0.2) is 61.1 Å². The van der Waals surface area contributed by atoms with Gasteiger partial charge in [0.25, 0.3) is 0 Å². The SMILES string of the molecule is CO[Si](CCCNCCN=Cc1cccc(C)c1O)(OC)OC. The number of aryl methyl sites for hydroxylation is 1. The van der Waals surface area contributed by atoms with Crippen LogP contribution in [0.4, 0.5) is 0 Å². The first kappa shape index (κ1) is 19.8.